The van der Waals surface area contributed by atoms with E-state index in [1.807, 2.05) is 42.3 Å². The molecular weight excluding hydrogens is 296 g/mol. The summed E-state index contributed by atoms with van der Waals surface area (Å²) in [6.45, 7) is 4.74. The van der Waals surface area contributed by atoms with E-state index in [9.17, 15) is 4.79 Å². The molecule has 0 radical (unpaired) electrons. The summed E-state index contributed by atoms with van der Waals surface area (Å²) in [5.74, 6) is 1.03. The normalized spacial score (nSPS) is 18.0. The lowest BCUT2D eigenvalue weighted by molar-refractivity contribution is -0.135. The van der Waals surface area contributed by atoms with Crippen molar-refractivity contribution >= 4 is 28.2 Å². The summed E-state index contributed by atoms with van der Waals surface area (Å²) in [5, 5.41) is 6.07. The molecular formula is C16H20N4OS. The third kappa shape index (κ3) is 3.11. The molecule has 1 aliphatic rings. The number of nitrogens with zero attached hydrogens (tertiary/aromatic N) is 3. The maximum absolute atomic E-state index is 12.3. The van der Waals surface area contributed by atoms with Crippen molar-refractivity contribution in [1.29, 1.82) is 0 Å². The highest BCUT2D eigenvalue weighted by molar-refractivity contribution is 7.13. The first-order valence-corrected chi connectivity index (χ1v) is 8.47. The Morgan fingerprint density at radius 1 is 1.45 bits per heavy atom. The Bertz CT molecular complexity index is 641. The third-order valence-corrected chi connectivity index (χ3v) is 4.57. The van der Waals surface area contributed by atoms with E-state index < -0.39 is 0 Å². The smallest absolute Gasteiger partial charge is 0.225 e. The Kier molecular flexibility index (Phi) is 4.38. The number of rotatable bonds is 4. The van der Waals surface area contributed by atoms with Gasteiger partial charge in [-0.2, -0.15) is 0 Å². The standard InChI is InChI=1S/C16H20N4OS/c1-11(2)15(21)20-9-5-6-13(20)12-10-22-16(18-12)19-14-7-3-4-8-17-14/h3-4,7-8,10-11,13H,5-6,9H2,1-2H3,(H,17,18,19)/t13-/m1/s1. The molecule has 6 heteroatoms. The number of carbonyl (C=O) groups excluding carboxylic acids is 1. The van der Waals surface area contributed by atoms with Crippen LogP contribution >= 0.6 is 11.3 Å². The van der Waals surface area contributed by atoms with E-state index in [0.717, 1.165) is 36.0 Å². The zero-order chi connectivity index (χ0) is 15.5. The molecule has 5 nitrogen and oxygen atoms in total. The SMILES string of the molecule is CC(C)C(=O)N1CCC[C@@H]1c1csc(Nc2ccccn2)n1. The first-order chi connectivity index (χ1) is 10.6. The van der Waals surface area contributed by atoms with Gasteiger partial charge in [-0.25, -0.2) is 9.97 Å². The zero-order valence-corrected chi connectivity index (χ0v) is 13.6. The van der Waals surface area contributed by atoms with Gasteiger partial charge in [-0.1, -0.05) is 19.9 Å². The van der Waals surface area contributed by atoms with Crippen LogP contribution in [-0.4, -0.2) is 27.3 Å². The lowest BCUT2D eigenvalue weighted by Crippen LogP contribution is -2.33. The van der Waals surface area contributed by atoms with E-state index in [4.69, 9.17) is 0 Å². The highest BCUT2D eigenvalue weighted by Gasteiger charge is 2.32. The topological polar surface area (TPSA) is 58.1 Å². The van der Waals surface area contributed by atoms with Gasteiger partial charge in [0.05, 0.1) is 11.7 Å². The fraction of sp³-hybridized carbons (Fsp3) is 0.438. The van der Waals surface area contributed by atoms with Crippen LogP contribution in [0.3, 0.4) is 0 Å². The van der Waals surface area contributed by atoms with Crippen LogP contribution in [-0.2, 0) is 4.79 Å². The third-order valence-electron chi connectivity index (χ3n) is 3.79. The summed E-state index contributed by atoms with van der Waals surface area (Å²) >= 11 is 1.55. The molecule has 1 fully saturated rings. The van der Waals surface area contributed by atoms with E-state index in [1.165, 1.54) is 0 Å². The Balaban J connectivity index is 1.74. The zero-order valence-electron chi connectivity index (χ0n) is 12.8. The number of thiazole rings is 1. The Morgan fingerprint density at radius 2 is 2.32 bits per heavy atom. The maximum atomic E-state index is 12.3. The largest absolute Gasteiger partial charge is 0.334 e. The van der Waals surface area contributed by atoms with Crippen molar-refractivity contribution in [3.63, 3.8) is 0 Å². The van der Waals surface area contributed by atoms with E-state index in [2.05, 4.69) is 15.3 Å². The van der Waals surface area contributed by atoms with Crippen LogP contribution in [0.5, 0.6) is 0 Å². The van der Waals surface area contributed by atoms with Crippen LogP contribution in [0.25, 0.3) is 0 Å². The minimum atomic E-state index is 0.0327. The predicted octanol–water partition coefficient (Wildman–Crippen LogP) is 3.60. The molecule has 1 atom stereocenters. The van der Waals surface area contributed by atoms with Gasteiger partial charge in [0.1, 0.15) is 5.82 Å². The van der Waals surface area contributed by atoms with Gasteiger partial charge in [-0.15, -0.1) is 11.3 Å². The highest BCUT2D eigenvalue weighted by atomic mass is 32.1. The van der Waals surface area contributed by atoms with E-state index >= 15 is 0 Å². The first kappa shape index (κ1) is 15.0. The van der Waals surface area contributed by atoms with Gasteiger partial charge >= 0.3 is 0 Å². The number of nitrogens with one attached hydrogen (secondary N) is 1. The Hall–Kier alpha value is -1.95. The van der Waals surface area contributed by atoms with Gasteiger partial charge in [-0.05, 0) is 25.0 Å². The number of likely N-dealkylation sites (tertiary alicyclic amines) is 1. The van der Waals surface area contributed by atoms with Crippen molar-refractivity contribution in [3.8, 4) is 0 Å². The second-order valence-corrected chi connectivity index (χ2v) is 6.62. The lowest BCUT2D eigenvalue weighted by Gasteiger charge is -2.25. The number of anilines is 2. The molecule has 22 heavy (non-hydrogen) atoms. The van der Waals surface area contributed by atoms with Crippen molar-refractivity contribution in [1.82, 2.24) is 14.9 Å². The van der Waals surface area contributed by atoms with Gasteiger partial charge in [0.15, 0.2) is 5.13 Å². The number of hydrogen-bond donors (Lipinski definition) is 1. The molecule has 3 heterocycles. The lowest BCUT2D eigenvalue weighted by atomic mass is 10.1. The summed E-state index contributed by atoms with van der Waals surface area (Å²) in [5.41, 5.74) is 0.981. The molecule has 0 spiro atoms. The first-order valence-electron chi connectivity index (χ1n) is 7.59. The van der Waals surface area contributed by atoms with Gasteiger partial charge in [0.25, 0.3) is 0 Å². The van der Waals surface area contributed by atoms with Crippen LogP contribution in [0.4, 0.5) is 10.9 Å². The average molecular weight is 316 g/mol. The summed E-state index contributed by atoms with van der Waals surface area (Å²) in [6, 6.07) is 5.84. The number of hydrogen-bond acceptors (Lipinski definition) is 5. The maximum Gasteiger partial charge on any atom is 0.225 e. The molecule has 0 aliphatic carbocycles. The number of pyridine rings is 1. The molecule has 0 unspecified atom stereocenters. The van der Waals surface area contributed by atoms with E-state index in [1.54, 1.807) is 17.5 Å². The van der Waals surface area contributed by atoms with Crippen molar-refractivity contribution in [2.45, 2.75) is 32.7 Å². The van der Waals surface area contributed by atoms with Crippen molar-refractivity contribution in [3.05, 3.63) is 35.5 Å². The molecule has 2 aromatic heterocycles. The molecule has 0 bridgehead atoms. The van der Waals surface area contributed by atoms with Gasteiger partial charge < -0.3 is 10.2 Å². The molecule has 2 aromatic rings. The van der Waals surface area contributed by atoms with Crippen LogP contribution < -0.4 is 5.32 Å². The number of amides is 1. The highest BCUT2D eigenvalue weighted by Crippen LogP contribution is 2.34. The fourth-order valence-electron chi connectivity index (χ4n) is 2.71. The van der Waals surface area contributed by atoms with Gasteiger partial charge in [0, 0.05) is 24.0 Å². The molecule has 1 amide bonds. The van der Waals surface area contributed by atoms with Crippen LogP contribution in [0.15, 0.2) is 29.8 Å². The fourth-order valence-corrected chi connectivity index (χ4v) is 3.48. The monoisotopic (exact) mass is 316 g/mol. The minimum absolute atomic E-state index is 0.0327. The molecule has 116 valence electrons. The van der Waals surface area contributed by atoms with Crippen molar-refractivity contribution in [2.24, 2.45) is 5.92 Å². The molecule has 3 rings (SSSR count). The Morgan fingerprint density at radius 3 is 3.05 bits per heavy atom. The summed E-state index contributed by atoms with van der Waals surface area (Å²) < 4.78 is 0. The number of carbonyl (C=O) groups is 1. The average Bonchev–Trinajstić information content (AvgIpc) is 3.16. The van der Waals surface area contributed by atoms with Gasteiger partial charge in [-0.3, -0.25) is 4.79 Å². The van der Waals surface area contributed by atoms with Crippen molar-refractivity contribution < 1.29 is 4.79 Å². The van der Waals surface area contributed by atoms with E-state index in [-0.39, 0.29) is 17.9 Å². The minimum Gasteiger partial charge on any atom is -0.334 e. The molecule has 1 N–H and O–H groups in total. The van der Waals surface area contributed by atoms with Crippen LogP contribution in [0, 0.1) is 5.92 Å². The quantitative estimate of drug-likeness (QED) is 0.936. The summed E-state index contributed by atoms with van der Waals surface area (Å²) in [7, 11) is 0. The predicted molar refractivity (Wildman–Crippen MR) is 88.2 cm³/mol. The molecule has 1 aliphatic heterocycles. The summed E-state index contributed by atoms with van der Waals surface area (Å²) in [6.07, 6.45) is 3.78. The van der Waals surface area contributed by atoms with Crippen molar-refractivity contribution in [2.75, 3.05) is 11.9 Å². The Labute approximate surface area is 134 Å². The van der Waals surface area contributed by atoms with E-state index in [0.29, 0.717) is 0 Å². The molecule has 0 aromatic carbocycles. The van der Waals surface area contributed by atoms with Crippen LogP contribution in [0.1, 0.15) is 38.4 Å². The summed E-state index contributed by atoms with van der Waals surface area (Å²) in [4.78, 5) is 23.2. The second-order valence-electron chi connectivity index (χ2n) is 5.76. The second kappa shape index (κ2) is 6.44. The number of aromatic nitrogens is 2. The molecule has 0 saturated carbocycles. The van der Waals surface area contributed by atoms with Crippen LogP contribution in [0.2, 0.25) is 0 Å². The van der Waals surface area contributed by atoms with Gasteiger partial charge in [0.2, 0.25) is 5.91 Å². The molecule has 1 saturated heterocycles.